The molecule has 1 heterocycles. The number of carbonyl (C=O) groups excluding carboxylic acids is 2. The van der Waals surface area contributed by atoms with Crippen molar-refractivity contribution in [3.8, 4) is 34.3 Å². The van der Waals surface area contributed by atoms with Crippen LogP contribution in [0.2, 0.25) is 0 Å². The number of rotatable bonds is 9. The van der Waals surface area contributed by atoms with Crippen LogP contribution in [0.15, 0.2) is 121 Å². The van der Waals surface area contributed by atoms with E-state index in [4.69, 9.17) is 4.74 Å². The highest BCUT2D eigenvalue weighted by atomic mass is 16.5. The van der Waals surface area contributed by atoms with Gasteiger partial charge in [0, 0.05) is 16.9 Å². The summed E-state index contributed by atoms with van der Waals surface area (Å²) in [5, 5.41) is 12.9. The van der Waals surface area contributed by atoms with Gasteiger partial charge in [0.2, 0.25) is 0 Å². The SMILES string of the molecule is CCOC(=O)c1ccc(-n2c(-c3ccccc3)cc(/C=C(/C#N)C(=O)Nc3ccc(CC)cc3)c2-c2ccccc2)cc1. The van der Waals surface area contributed by atoms with E-state index in [1.54, 1.807) is 25.1 Å². The van der Waals surface area contributed by atoms with E-state index in [1.807, 2.05) is 103 Å². The van der Waals surface area contributed by atoms with Gasteiger partial charge in [0.25, 0.3) is 5.91 Å². The number of carbonyl (C=O) groups is 2. The van der Waals surface area contributed by atoms with Crippen LogP contribution in [0.25, 0.3) is 34.3 Å². The van der Waals surface area contributed by atoms with Gasteiger partial charge in [0.05, 0.1) is 23.6 Å². The Bertz CT molecular complexity index is 1800. The highest BCUT2D eigenvalue weighted by molar-refractivity contribution is 6.10. The average Bonchev–Trinajstić information content (AvgIpc) is 3.44. The van der Waals surface area contributed by atoms with Crippen LogP contribution in [-0.4, -0.2) is 23.1 Å². The van der Waals surface area contributed by atoms with Crippen LogP contribution in [0.3, 0.4) is 0 Å². The molecule has 0 saturated carbocycles. The second-order valence-corrected chi connectivity index (χ2v) is 9.84. The third-order valence-electron chi connectivity index (χ3n) is 7.07. The maximum Gasteiger partial charge on any atom is 0.338 e. The van der Waals surface area contributed by atoms with E-state index in [9.17, 15) is 14.9 Å². The third-order valence-corrected chi connectivity index (χ3v) is 7.07. The smallest absolute Gasteiger partial charge is 0.338 e. The van der Waals surface area contributed by atoms with E-state index in [0.717, 1.165) is 40.2 Å². The Hall–Kier alpha value is -5.67. The Labute approximate surface area is 251 Å². The van der Waals surface area contributed by atoms with Gasteiger partial charge in [-0.2, -0.15) is 5.26 Å². The number of aromatic nitrogens is 1. The standard InChI is InChI=1S/C37H31N3O3/c1-3-26-15-19-32(20-16-26)39-36(41)31(25-38)23-30-24-34(27-11-7-5-8-12-27)40(35(30)28-13-9-6-10-14-28)33-21-17-29(18-22-33)37(42)43-4-2/h5-24H,3-4H2,1-2H3,(H,39,41)/b31-23-. The molecule has 0 fully saturated rings. The fourth-order valence-electron chi connectivity index (χ4n) is 4.91. The van der Waals surface area contributed by atoms with Crippen molar-refractivity contribution in [3.05, 3.63) is 138 Å². The molecule has 0 atom stereocenters. The van der Waals surface area contributed by atoms with Gasteiger partial charge in [-0.3, -0.25) is 4.79 Å². The van der Waals surface area contributed by atoms with Crippen molar-refractivity contribution in [2.75, 3.05) is 11.9 Å². The van der Waals surface area contributed by atoms with E-state index >= 15 is 0 Å². The summed E-state index contributed by atoms with van der Waals surface area (Å²) in [7, 11) is 0. The summed E-state index contributed by atoms with van der Waals surface area (Å²) in [6.45, 7) is 4.14. The number of hydrogen-bond donors (Lipinski definition) is 1. The molecule has 0 saturated heterocycles. The summed E-state index contributed by atoms with van der Waals surface area (Å²) in [6, 6.07) is 38.6. The van der Waals surface area contributed by atoms with E-state index in [1.165, 1.54) is 0 Å². The number of nitriles is 1. The zero-order valence-electron chi connectivity index (χ0n) is 24.1. The molecule has 1 aromatic heterocycles. The van der Waals surface area contributed by atoms with Crippen molar-refractivity contribution in [2.24, 2.45) is 0 Å². The van der Waals surface area contributed by atoms with Gasteiger partial charge in [-0.05, 0) is 78.6 Å². The number of nitrogens with one attached hydrogen (secondary N) is 1. The topological polar surface area (TPSA) is 84.1 Å². The lowest BCUT2D eigenvalue weighted by Crippen LogP contribution is -2.13. The summed E-state index contributed by atoms with van der Waals surface area (Å²) < 4.78 is 7.26. The lowest BCUT2D eigenvalue weighted by atomic mass is 10.0. The Morgan fingerprint density at radius 3 is 2.05 bits per heavy atom. The largest absolute Gasteiger partial charge is 0.462 e. The van der Waals surface area contributed by atoms with Crippen LogP contribution < -0.4 is 5.32 Å². The molecule has 4 aromatic carbocycles. The Balaban J connectivity index is 1.67. The van der Waals surface area contributed by atoms with Gasteiger partial charge in [0.15, 0.2) is 0 Å². The predicted molar refractivity (Wildman–Crippen MR) is 171 cm³/mol. The van der Waals surface area contributed by atoms with Gasteiger partial charge in [-0.15, -0.1) is 0 Å². The minimum absolute atomic E-state index is 0.0221. The molecule has 1 amide bonds. The Kier molecular flexibility index (Phi) is 8.94. The molecule has 1 N–H and O–H groups in total. The van der Waals surface area contributed by atoms with Crippen LogP contribution in [0.1, 0.15) is 35.3 Å². The van der Waals surface area contributed by atoms with Gasteiger partial charge in [-0.1, -0.05) is 79.7 Å². The van der Waals surface area contributed by atoms with Crippen molar-refractivity contribution < 1.29 is 14.3 Å². The number of anilines is 1. The molecule has 0 bridgehead atoms. The van der Waals surface area contributed by atoms with Gasteiger partial charge in [-0.25, -0.2) is 4.79 Å². The van der Waals surface area contributed by atoms with Crippen molar-refractivity contribution in [2.45, 2.75) is 20.3 Å². The fourth-order valence-corrected chi connectivity index (χ4v) is 4.91. The minimum Gasteiger partial charge on any atom is -0.462 e. The highest BCUT2D eigenvalue weighted by Gasteiger charge is 2.21. The van der Waals surface area contributed by atoms with Crippen molar-refractivity contribution in [1.29, 1.82) is 5.26 Å². The second kappa shape index (κ2) is 13.3. The number of amides is 1. The minimum atomic E-state index is -0.487. The Morgan fingerprint density at radius 1 is 0.837 bits per heavy atom. The lowest BCUT2D eigenvalue weighted by Gasteiger charge is -2.15. The average molecular weight is 566 g/mol. The van der Waals surface area contributed by atoms with Crippen LogP contribution >= 0.6 is 0 Å². The van der Waals surface area contributed by atoms with Crippen LogP contribution in [0.5, 0.6) is 0 Å². The zero-order chi connectivity index (χ0) is 30.2. The maximum absolute atomic E-state index is 13.3. The fraction of sp³-hybridized carbons (Fsp3) is 0.108. The van der Waals surface area contributed by atoms with Crippen molar-refractivity contribution >= 4 is 23.6 Å². The summed E-state index contributed by atoms with van der Waals surface area (Å²) >= 11 is 0. The molecule has 0 radical (unpaired) electrons. The van der Waals surface area contributed by atoms with E-state index in [-0.39, 0.29) is 11.5 Å². The quantitative estimate of drug-likeness (QED) is 0.111. The zero-order valence-corrected chi connectivity index (χ0v) is 24.1. The van der Waals surface area contributed by atoms with Crippen LogP contribution in [0, 0.1) is 11.3 Å². The molecule has 0 aliphatic carbocycles. The molecule has 43 heavy (non-hydrogen) atoms. The number of aryl methyl sites for hydroxylation is 1. The first-order valence-electron chi connectivity index (χ1n) is 14.2. The van der Waals surface area contributed by atoms with Crippen LogP contribution in [-0.2, 0) is 16.0 Å². The van der Waals surface area contributed by atoms with Gasteiger partial charge < -0.3 is 14.6 Å². The first kappa shape index (κ1) is 28.8. The number of benzene rings is 4. The highest BCUT2D eigenvalue weighted by Crippen LogP contribution is 2.37. The molecule has 6 heteroatoms. The van der Waals surface area contributed by atoms with Gasteiger partial charge in [0.1, 0.15) is 11.6 Å². The summed E-state index contributed by atoms with van der Waals surface area (Å²) in [5.74, 6) is -0.871. The first-order chi connectivity index (χ1) is 21.0. The molecular weight excluding hydrogens is 534 g/mol. The number of hydrogen-bond acceptors (Lipinski definition) is 4. The molecule has 0 unspecified atom stereocenters. The number of nitrogens with zero attached hydrogens (tertiary/aromatic N) is 2. The number of esters is 1. The molecule has 5 aromatic rings. The molecular formula is C37H31N3O3. The van der Waals surface area contributed by atoms with Crippen LogP contribution in [0.4, 0.5) is 5.69 Å². The molecule has 212 valence electrons. The Morgan fingerprint density at radius 2 is 1.47 bits per heavy atom. The van der Waals surface area contributed by atoms with Crippen molar-refractivity contribution in [1.82, 2.24) is 4.57 Å². The second-order valence-electron chi connectivity index (χ2n) is 9.84. The molecule has 0 aliphatic heterocycles. The summed E-state index contributed by atoms with van der Waals surface area (Å²) in [4.78, 5) is 25.6. The van der Waals surface area contributed by atoms with E-state index in [2.05, 4.69) is 22.9 Å². The summed E-state index contributed by atoms with van der Waals surface area (Å²) in [5.41, 5.74) is 7.24. The first-order valence-corrected chi connectivity index (χ1v) is 14.2. The van der Waals surface area contributed by atoms with E-state index in [0.29, 0.717) is 23.4 Å². The van der Waals surface area contributed by atoms with E-state index < -0.39 is 5.91 Å². The molecule has 0 spiro atoms. The summed E-state index contributed by atoms with van der Waals surface area (Å²) in [6.07, 6.45) is 2.53. The maximum atomic E-state index is 13.3. The molecule has 5 rings (SSSR count). The number of ether oxygens (including phenoxy) is 1. The lowest BCUT2D eigenvalue weighted by molar-refractivity contribution is -0.112. The monoisotopic (exact) mass is 565 g/mol. The van der Waals surface area contributed by atoms with Gasteiger partial charge >= 0.3 is 5.97 Å². The third kappa shape index (κ3) is 6.47. The molecule has 0 aliphatic rings. The van der Waals surface area contributed by atoms with Crippen molar-refractivity contribution in [3.63, 3.8) is 0 Å². The predicted octanol–water partition coefficient (Wildman–Crippen LogP) is 8.10. The molecule has 6 nitrogen and oxygen atoms in total. The normalized spacial score (nSPS) is 11.0.